The van der Waals surface area contributed by atoms with Crippen LogP contribution < -0.4 is 10.2 Å². The third-order valence-corrected chi connectivity index (χ3v) is 4.68. The standard InChI is InChI=1S/C25H22N4O2/c1-2-31-22-14-8-18(9-15-22)17-26-29-25(30)24-16-23(27-28-24)21-12-10-20(11-13-21)19-6-4-3-5-7-19/h3-17H,2H2,1H3,(H,27,28)(H,29,30)/b26-17-. The zero-order chi connectivity index (χ0) is 21.5. The van der Waals surface area contributed by atoms with E-state index in [1.54, 1.807) is 12.3 Å². The summed E-state index contributed by atoms with van der Waals surface area (Å²) in [7, 11) is 0. The molecule has 2 N–H and O–H groups in total. The van der Waals surface area contributed by atoms with Crippen molar-refractivity contribution in [1.82, 2.24) is 15.6 Å². The lowest BCUT2D eigenvalue weighted by Gasteiger charge is -2.02. The summed E-state index contributed by atoms with van der Waals surface area (Å²) in [5, 5.41) is 11.0. The number of benzene rings is 3. The van der Waals surface area contributed by atoms with Gasteiger partial charge in [-0.2, -0.15) is 10.2 Å². The Balaban J connectivity index is 1.38. The van der Waals surface area contributed by atoms with E-state index < -0.39 is 0 Å². The Kier molecular flexibility index (Phi) is 6.18. The first-order valence-corrected chi connectivity index (χ1v) is 10.0. The second kappa shape index (κ2) is 9.54. The van der Waals surface area contributed by atoms with Gasteiger partial charge in [0.1, 0.15) is 11.4 Å². The van der Waals surface area contributed by atoms with E-state index in [0.717, 1.165) is 28.0 Å². The van der Waals surface area contributed by atoms with Gasteiger partial charge in [-0.05, 0) is 53.9 Å². The minimum Gasteiger partial charge on any atom is -0.494 e. The molecule has 1 amide bonds. The molecule has 4 aromatic rings. The molecule has 4 rings (SSSR count). The second-order valence-corrected chi connectivity index (χ2v) is 6.81. The number of amides is 1. The molecule has 0 radical (unpaired) electrons. The van der Waals surface area contributed by atoms with Crippen LogP contribution in [0.1, 0.15) is 23.0 Å². The van der Waals surface area contributed by atoms with Crippen LogP contribution in [0.5, 0.6) is 5.75 Å². The Morgan fingerprint density at radius 1 is 0.968 bits per heavy atom. The summed E-state index contributed by atoms with van der Waals surface area (Å²) in [5.74, 6) is 0.437. The summed E-state index contributed by atoms with van der Waals surface area (Å²) < 4.78 is 5.40. The minimum absolute atomic E-state index is 0.339. The lowest BCUT2D eigenvalue weighted by atomic mass is 10.0. The van der Waals surface area contributed by atoms with E-state index >= 15 is 0 Å². The van der Waals surface area contributed by atoms with Crippen molar-refractivity contribution in [2.75, 3.05) is 6.61 Å². The summed E-state index contributed by atoms with van der Waals surface area (Å²) in [6, 6.07) is 27.4. The molecule has 6 nitrogen and oxygen atoms in total. The molecule has 0 fully saturated rings. The summed E-state index contributed by atoms with van der Waals surface area (Å²) >= 11 is 0. The van der Waals surface area contributed by atoms with Crippen LogP contribution in [-0.2, 0) is 0 Å². The Morgan fingerprint density at radius 3 is 2.35 bits per heavy atom. The average Bonchev–Trinajstić information content (AvgIpc) is 3.32. The quantitative estimate of drug-likeness (QED) is 0.336. The van der Waals surface area contributed by atoms with Gasteiger partial charge in [-0.15, -0.1) is 0 Å². The lowest BCUT2D eigenvalue weighted by Crippen LogP contribution is -2.17. The molecule has 154 valence electrons. The van der Waals surface area contributed by atoms with Gasteiger partial charge in [0.25, 0.3) is 5.91 Å². The van der Waals surface area contributed by atoms with Gasteiger partial charge in [0, 0.05) is 5.56 Å². The molecular formula is C25H22N4O2. The van der Waals surface area contributed by atoms with E-state index in [9.17, 15) is 4.79 Å². The molecule has 6 heteroatoms. The molecule has 0 spiro atoms. The number of ether oxygens (including phenoxy) is 1. The molecule has 0 saturated heterocycles. The molecule has 1 heterocycles. The molecule has 0 aliphatic carbocycles. The largest absolute Gasteiger partial charge is 0.494 e. The van der Waals surface area contributed by atoms with E-state index in [1.165, 1.54) is 0 Å². The van der Waals surface area contributed by atoms with E-state index in [1.807, 2.05) is 73.7 Å². The van der Waals surface area contributed by atoms with E-state index in [2.05, 4.69) is 32.9 Å². The number of nitrogens with one attached hydrogen (secondary N) is 2. The monoisotopic (exact) mass is 410 g/mol. The molecule has 0 saturated carbocycles. The SMILES string of the molecule is CCOc1ccc(/C=N\NC(=O)c2cc(-c3ccc(-c4ccccc4)cc3)n[nH]2)cc1. The molecule has 0 aliphatic heterocycles. The maximum absolute atomic E-state index is 12.3. The summed E-state index contributed by atoms with van der Waals surface area (Å²) in [4.78, 5) is 12.3. The number of H-pyrrole nitrogens is 1. The van der Waals surface area contributed by atoms with Gasteiger partial charge in [-0.3, -0.25) is 9.89 Å². The minimum atomic E-state index is -0.359. The first-order valence-electron chi connectivity index (χ1n) is 10.0. The van der Waals surface area contributed by atoms with Crippen molar-refractivity contribution in [3.05, 3.63) is 96.2 Å². The molecule has 3 aromatic carbocycles. The van der Waals surface area contributed by atoms with Crippen LogP contribution >= 0.6 is 0 Å². The van der Waals surface area contributed by atoms with E-state index in [0.29, 0.717) is 18.0 Å². The van der Waals surface area contributed by atoms with Gasteiger partial charge in [0.15, 0.2) is 0 Å². The number of rotatable bonds is 7. The third-order valence-electron chi connectivity index (χ3n) is 4.68. The van der Waals surface area contributed by atoms with Crippen molar-refractivity contribution < 1.29 is 9.53 Å². The molecule has 1 aromatic heterocycles. The first-order chi connectivity index (χ1) is 15.2. The molecule has 31 heavy (non-hydrogen) atoms. The summed E-state index contributed by atoms with van der Waals surface area (Å²) in [6.07, 6.45) is 1.58. The highest BCUT2D eigenvalue weighted by atomic mass is 16.5. The number of carbonyl (C=O) groups is 1. The van der Waals surface area contributed by atoms with Gasteiger partial charge in [-0.25, -0.2) is 5.43 Å². The predicted octanol–water partition coefficient (Wildman–Crippen LogP) is 4.91. The fourth-order valence-electron chi connectivity index (χ4n) is 3.09. The topological polar surface area (TPSA) is 79.4 Å². The fourth-order valence-corrected chi connectivity index (χ4v) is 3.09. The van der Waals surface area contributed by atoms with Gasteiger partial charge in [-0.1, -0.05) is 54.6 Å². The van der Waals surface area contributed by atoms with Crippen molar-refractivity contribution in [1.29, 1.82) is 0 Å². The Morgan fingerprint density at radius 2 is 1.65 bits per heavy atom. The highest BCUT2D eigenvalue weighted by Crippen LogP contribution is 2.24. The number of carbonyl (C=O) groups excluding carboxylic acids is 1. The Labute approximate surface area is 180 Å². The average molecular weight is 410 g/mol. The summed E-state index contributed by atoms with van der Waals surface area (Å²) in [5.41, 5.74) is 7.60. The van der Waals surface area contributed by atoms with Crippen molar-refractivity contribution >= 4 is 12.1 Å². The van der Waals surface area contributed by atoms with Crippen LogP contribution in [0, 0.1) is 0 Å². The van der Waals surface area contributed by atoms with Crippen LogP contribution in [0.4, 0.5) is 0 Å². The first kappa shape index (κ1) is 20.1. The van der Waals surface area contributed by atoms with Crippen molar-refractivity contribution in [2.45, 2.75) is 6.92 Å². The normalized spacial score (nSPS) is 10.9. The zero-order valence-electron chi connectivity index (χ0n) is 17.1. The van der Waals surface area contributed by atoms with Crippen LogP contribution in [0.25, 0.3) is 22.4 Å². The summed E-state index contributed by atoms with van der Waals surface area (Å²) in [6.45, 7) is 2.55. The molecule has 0 atom stereocenters. The third kappa shape index (κ3) is 5.05. The van der Waals surface area contributed by atoms with Crippen molar-refractivity contribution in [3.8, 4) is 28.1 Å². The Hall–Kier alpha value is -4.19. The maximum Gasteiger partial charge on any atom is 0.289 e. The maximum atomic E-state index is 12.3. The number of hydrogen-bond acceptors (Lipinski definition) is 4. The van der Waals surface area contributed by atoms with Gasteiger partial charge in [0.2, 0.25) is 0 Å². The van der Waals surface area contributed by atoms with Gasteiger partial charge >= 0.3 is 0 Å². The van der Waals surface area contributed by atoms with Crippen LogP contribution in [0.15, 0.2) is 90.0 Å². The van der Waals surface area contributed by atoms with Crippen LogP contribution in [0.2, 0.25) is 0 Å². The second-order valence-electron chi connectivity index (χ2n) is 6.81. The zero-order valence-corrected chi connectivity index (χ0v) is 17.1. The van der Waals surface area contributed by atoms with Crippen LogP contribution in [0.3, 0.4) is 0 Å². The number of aromatic nitrogens is 2. The van der Waals surface area contributed by atoms with Crippen molar-refractivity contribution in [2.24, 2.45) is 5.10 Å². The van der Waals surface area contributed by atoms with Crippen molar-refractivity contribution in [3.63, 3.8) is 0 Å². The number of aromatic amines is 1. The number of hydrazone groups is 1. The predicted molar refractivity (Wildman–Crippen MR) is 122 cm³/mol. The number of hydrogen-bond donors (Lipinski definition) is 2. The fraction of sp³-hybridized carbons (Fsp3) is 0.0800. The smallest absolute Gasteiger partial charge is 0.289 e. The molecule has 0 aliphatic rings. The Bertz CT molecular complexity index is 1160. The molecular weight excluding hydrogens is 388 g/mol. The molecule has 0 unspecified atom stereocenters. The van der Waals surface area contributed by atoms with Gasteiger partial charge in [0.05, 0.1) is 18.5 Å². The lowest BCUT2D eigenvalue weighted by molar-refractivity contribution is 0.0950. The number of nitrogens with zero attached hydrogens (tertiary/aromatic N) is 2. The van der Waals surface area contributed by atoms with E-state index in [-0.39, 0.29) is 5.91 Å². The van der Waals surface area contributed by atoms with Gasteiger partial charge < -0.3 is 4.74 Å². The molecule has 0 bridgehead atoms. The van der Waals surface area contributed by atoms with E-state index in [4.69, 9.17) is 4.74 Å². The highest BCUT2D eigenvalue weighted by molar-refractivity contribution is 5.94. The van der Waals surface area contributed by atoms with Crippen LogP contribution in [-0.4, -0.2) is 28.9 Å². The highest BCUT2D eigenvalue weighted by Gasteiger charge is 2.10.